The Morgan fingerprint density at radius 1 is 1.24 bits per heavy atom. The van der Waals surface area contributed by atoms with Crippen LogP contribution in [0.1, 0.15) is 16.7 Å². The average Bonchev–Trinajstić information content (AvgIpc) is 2.59. The molecule has 0 radical (unpaired) electrons. The van der Waals surface area contributed by atoms with Crippen LogP contribution in [0.4, 0.5) is 4.39 Å². The van der Waals surface area contributed by atoms with E-state index in [-0.39, 0.29) is 36.3 Å². The summed E-state index contributed by atoms with van der Waals surface area (Å²) < 4.78 is 13.7. The molecule has 2 N–H and O–H groups in total. The van der Waals surface area contributed by atoms with E-state index in [0.717, 1.165) is 12.0 Å². The van der Waals surface area contributed by atoms with E-state index in [1.807, 2.05) is 30.3 Å². The van der Waals surface area contributed by atoms with E-state index in [4.69, 9.17) is 16.9 Å². The number of aliphatic imine (C=N–C) groups is 1. The van der Waals surface area contributed by atoms with E-state index in [9.17, 15) is 4.39 Å². The molecule has 7 heteroatoms. The molecule has 2 aromatic rings. The van der Waals surface area contributed by atoms with Crippen LogP contribution in [0, 0.1) is 17.1 Å². The Morgan fingerprint density at radius 2 is 2.04 bits per heavy atom. The largest absolute Gasteiger partial charge is 0.356 e. The molecule has 0 heterocycles. The van der Waals surface area contributed by atoms with E-state index in [1.165, 1.54) is 18.2 Å². The molecule has 0 bridgehead atoms. The fourth-order valence-electron chi connectivity index (χ4n) is 2.20. The smallest absolute Gasteiger partial charge is 0.191 e. The van der Waals surface area contributed by atoms with Crippen molar-refractivity contribution in [1.82, 2.24) is 10.6 Å². The summed E-state index contributed by atoms with van der Waals surface area (Å²) in [7, 11) is 1.65. The minimum absolute atomic E-state index is 0. The molecule has 0 saturated heterocycles. The monoisotopic (exact) mass is 472 g/mol. The molecule has 0 atom stereocenters. The lowest BCUT2D eigenvalue weighted by Crippen LogP contribution is -2.38. The highest BCUT2D eigenvalue weighted by Gasteiger charge is 2.05. The molecule has 4 nitrogen and oxygen atoms in total. The lowest BCUT2D eigenvalue weighted by Gasteiger charge is -2.12. The van der Waals surface area contributed by atoms with Gasteiger partial charge in [0.05, 0.1) is 11.6 Å². The number of hydrogen-bond donors (Lipinski definition) is 2. The number of benzene rings is 2. The van der Waals surface area contributed by atoms with Crippen LogP contribution in [0.3, 0.4) is 0 Å². The van der Waals surface area contributed by atoms with Gasteiger partial charge in [0.2, 0.25) is 0 Å². The number of guanidine groups is 1. The van der Waals surface area contributed by atoms with Gasteiger partial charge in [-0.2, -0.15) is 5.26 Å². The Labute approximate surface area is 169 Å². The van der Waals surface area contributed by atoms with Crippen LogP contribution in [-0.2, 0) is 13.0 Å². The van der Waals surface area contributed by atoms with Crippen LogP contribution >= 0.6 is 35.6 Å². The molecule has 0 aliphatic heterocycles. The number of halogens is 3. The van der Waals surface area contributed by atoms with Crippen molar-refractivity contribution in [2.45, 2.75) is 13.0 Å². The molecule has 2 aromatic carbocycles. The van der Waals surface area contributed by atoms with E-state index in [1.54, 1.807) is 7.05 Å². The van der Waals surface area contributed by atoms with E-state index >= 15 is 0 Å². The summed E-state index contributed by atoms with van der Waals surface area (Å²) in [6, 6.07) is 14.0. The predicted octanol–water partition coefficient (Wildman–Crippen LogP) is 3.88. The van der Waals surface area contributed by atoms with Gasteiger partial charge in [0.25, 0.3) is 0 Å². The van der Waals surface area contributed by atoms with Crippen molar-refractivity contribution in [2.75, 3.05) is 13.6 Å². The summed E-state index contributed by atoms with van der Waals surface area (Å²) in [5.41, 5.74) is 1.97. The van der Waals surface area contributed by atoms with Crippen molar-refractivity contribution in [2.24, 2.45) is 4.99 Å². The SMILES string of the molecule is CN=C(NCCc1cccc(Cl)c1)NCc1cc(C#N)ccc1F.I. The summed E-state index contributed by atoms with van der Waals surface area (Å²) in [6.45, 7) is 0.916. The average molecular weight is 473 g/mol. The maximum atomic E-state index is 13.7. The van der Waals surface area contributed by atoms with Crippen LogP contribution in [-0.4, -0.2) is 19.6 Å². The second kappa shape index (κ2) is 10.9. The third-order valence-electron chi connectivity index (χ3n) is 3.44. The summed E-state index contributed by atoms with van der Waals surface area (Å²) >= 11 is 5.96. The molecule has 0 spiro atoms. The van der Waals surface area contributed by atoms with Crippen molar-refractivity contribution in [3.05, 3.63) is 70.0 Å². The van der Waals surface area contributed by atoms with Gasteiger partial charge >= 0.3 is 0 Å². The zero-order chi connectivity index (χ0) is 17.4. The number of nitrogens with zero attached hydrogens (tertiary/aromatic N) is 2. The van der Waals surface area contributed by atoms with Crippen molar-refractivity contribution in [3.63, 3.8) is 0 Å². The standard InChI is InChI=1S/C18H18ClFN4.HI/c1-22-18(23-8-7-13-3-2-4-16(19)10-13)24-12-15-9-14(11-21)5-6-17(15)20;/h2-6,9-10H,7-8,12H2,1H3,(H2,22,23,24);1H. The van der Waals surface area contributed by atoms with Gasteiger partial charge in [-0.15, -0.1) is 24.0 Å². The van der Waals surface area contributed by atoms with Gasteiger partial charge in [0.15, 0.2) is 5.96 Å². The maximum absolute atomic E-state index is 13.7. The Hall–Kier alpha value is -1.85. The minimum Gasteiger partial charge on any atom is -0.356 e. The van der Waals surface area contributed by atoms with Gasteiger partial charge in [0.1, 0.15) is 5.82 Å². The molecular weight excluding hydrogens is 454 g/mol. The minimum atomic E-state index is -0.351. The molecule has 0 amide bonds. The number of nitriles is 1. The summed E-state index contributed by atoms with van der Waals surface area (Å²) in [6.07, 6.45) is 0.791. The highest BCUT2D eigenvalue weighted by molar-refractivity contribution is 14.0. The molecule has 0 unspecified atom stereocenters. The van der Waals surface area contributed by atoms with Gasteiger partial charge in [-0.1, -0.05) is 23.7 Å². The first-order valence-corrected chi connectivity index (χ1v) is 7.87. The molecule has 0 saturated carbocycles. The van der Waals surface area contributed by atoms with Gasteiger partial charge < -0.3 is 10.6 Å². The molecule has 0 aliphatic rings. The van der Waals surface area contributed by atoms with Crippen molar-refractivity contribution < 1.29 is 4.39 Å². The molecule has 0 aromatic heterocycles. The first-order chi connectivity index (χ1) is 11.6. The van der Waals surface area contributed by atoms with Gasteiger partial charge in [0, 0.05) is 30.7 Å². The second-order valence-corrected chi connectivity index (χ2v) is 5.59. The maximum Gasteiger partial charge on any atom is 0.191 e. The lowest BCUT2D eigenvalue weighted by molar-refractivity contribution is 0.604. The quantitative estimate of drug-likeness (QED) is 0.394. The van der Waals surface area contributed by atoms with Gasteiger partial charge in [-0.05, 0) is 42.3 Å². The molecule has 25 heavy (non-hydrogen) atoms. The number of nitrogens with one attached hydrogen (secondary N) is 2. The van der Waals surface area contributed by atoms with Crippen LogP contribution in [0.25, 0.3) is 0 Å². The van der Waals surface area contributed by atoms with Crippen molar-refractivity contribution in [1.29, 1.82) is 5.26 Å². The molecule has 2 rings (SSSR count). The molecule has 132 valence electrons. The highest BCUT2D eigenvalue weighted by atomic mass is 127. The van der Waals surface area contributed by atoms with Crippen molar-refractivity contribution in [3.8, 4) is 6.07 Å². The summed E-state index contributed by atoms with van der Waals surface area (Å²) in [4.78, 5) is 4.11. The van der Waals surface area contributed by atoms with E-state index in [0.29, 0.717) is 28.7 Å². The highest BCUT2D eigenvalue weighted by Crippen LogP contribution is 2.11. The Morgan fingerprint density at radius 3 is 2.72 bits per heavy atom. The van der Waals surface area contributed by atoms with Crippen LogP contribution in [0.2, 0.25) is 5.02 Å². The molecule has 0 aliphatic carbocycles. The third kappa shape index (κ3) is 6.88. The number of rotatable bonds is 5. The van der Waals surface area contributed by atoms with Crippen LogP contribution in [0.5, 0.6) is 0 Å². The summed E-state index contributed by atoms with van der Waals surface area (Å²) in [5, 5.41) is 15.8. The fraction of sp³-hybridized carbons (Fsp3) is 0.222. The summed E-state index contributed by atoms with van der Waals surface area (Å²) in [5.74, 6) is 0.217. The zero-order valence-electron chi connectivity index (χ0n) is 13.7. The number of hydrogen-bond acceptors (Lipinski definition) is 2. The predicted molar refractivity (Wildman–Crippen MR) is 110 cm³/mol. The second-order valence-electron chi connectivity index (χ2n) is 5.15. The normalized spacial score (nSPS) is 10.6. The zero-order valence-corrected chi connectivity index (χ0v) is 16.8. The van der Waals surface area contributed by atoms with Gasteiger partial charge in [-0.25, -0.2) is 4.39 Å². The topological polar surface area (TPSA) is 60.2 Å². The first kappa shape index (κ1) is 21.2. The molecule has 0 fully saturated rings. The molecular formula is C18H19ClFIN4. The fourth-order valence-corrected chi connectivity index (χ4v) is 2.41. The van der Waals surface area contributed by atoms with Crippen LogP contribution < -0.4 is 10.6 Å². The third-order valence-corrected chi connectivity index (χ3v) is 3.67. The van der Waals surface area contributed by atoms with Gasteiger partial charge in [-0.3, -0.25) is 4.99 Å². The first-order valence-electron chi connectivity index (χ1n) is 7.50. The Bertz CT molecular complexity index is 774. The van der Waals surface area contributed by atoms with E-state index < -0.39 is 0 Å². The lowest BCUT2D eigenvalue weighted by atomic mass is 10.1. The Kier molecular flexibility index (Phi) is 9.24. The Balaban J connectivity index is 0.00000312. The van der Waals surface area contributed by atoms with Crippen LogP contribution in [0.15, 0.2) is 47.5 Å². The van der Waals surface area contributed by atoms with Crippen molar-refractivity contribution >= 4 is 41.5 Å². The van der Waals surface area contributed by atoms with E-state index in [2.05, 4.69) is 15.6 Å².